The van der Waals surface area contributed by atoms with Gasteiger partial charge in [-0.25, -0.2) is 0 Å². The van der Waals surface area contributed by atoms with Gasteiger partial charge in [0.15, 0.2) is 16.6 Å². The summed E-state index contributed by atoms with van der Waals surface area (Å²) in [5.41, 5.74) is 0. The van der Waals surface area contributed by atoms with Gasteiger partial charge in [-0.1, -0.05) is 80.5 Å². The molecule has 42 heavy (non-hydrogen) atoms. The highest BCUT2D eigenvalue weighted by molar-refractivity contribution is 14.1. The lowest BCUT2D eigenvalue weighted by Crippen LogP contribution is -2.55. The normalized spacial score (nSPS) is 26.2. The molecule has 1 heterocycles. The van der Waals surface area contributed by atoms with Crippen molar-refractivity contribution in [3.8, 4) is 0 Å². The molecule has 0 aromatic heterocycles. The standard InChI is InChI=1S/C33H63IO6Si2/c1-22(29(37-21-36-12)23(2)19-24(3)34)17-18-27(39-41(13,14)32(6,7)8)20-28-25(4)30(26(5)31(35)38-28)40-42(15,16)33(9,10)11/h17-19,22-23,25-30H,20-21H2,1-16H3/b18-17-,24-19-/t22-,23-,25-,26+,27-,28?,29-,30+/m0/s1. The zero-order valence-electron chi connectivity index (χ0n) is 29.6. The van der Waals surface area contributed by atoms with Crippen LogP contribution in [-0.4, -0.2) is 60.9 Å². The lowest BCUT2D eigenvalue weighted by Gasteiger charge is -2.47. The lowest BCUT2D eigenvalue weighted by atomic mass is 9.84. The molecule has 1 aliphatic rings. The Morgan fingerprint density at radius 3 is 2.00 bits per heavy atom. The third-order valence-corrected chi connectivity index (χ3v) is 19.1. The predicted molar refractivity (Wildman–Crippen MR) is 189 cm³/mol. The molecule has 0 N–H and O–H groups in total. The smallest absolute Gasteiger partial charge is 0.311 e. The predicted octanol–water partition coefficient (Wildman–Crippen LogP) is 9.51. The minimum Gasteiger partial charge on any atom is -0.462 e. The van der Waals surface area contributed by atoms with Crippen molar-refractivity contribution < 1.29 is 27.9 Å². The van der Waals surface area contributed by atoms with Gasteiger partial charge in [-0.3, -0.25) is 4.79 Å². The first-order valence-corrected chi connectivity index (χ1v) is 22.5. The van der Waals surface area contributed by atoms with Crippen LogP contribution in [0.2, 0.25) is 36.3 Å². The van der Waals surface area contributed by atoms with E-state index in [4.69, 9.17) is 23.1 Å². The highest BCUT2D eigenvalue weighted by atomic mass is 127. The molecule has 0 aromatic rings. The summed E-state index contributed by atoms with van der Waals surface area (Å²) in [4.78, 5) is 13.2. The number of hydrogen-bond donors (Lipinski definition) is 0. The first kappa shape index (κ1) is 40.0. The average Bonchev–Trinajstić information content (AvgIpc) is 2.81. The number of halogens is 1. The van der Waals surface area contributed by atoms with Gasteiger partial charge in [0.2, 0.25) is 0 Å². The number of carbonyl (C=O) groups excluding carboxylic acids is 1. The Balaban J connectivity index is 3.38. The maximum absolute atomic E-state index is 13.2. The number of carbonyl (C=O) groups is 1. The van der Waals surface area contributed by atoms with Crippen molar-refractivity contribution >= 4 is 45.2 Å². The van der Waals surface area contributed by atoms with Gasteiger partial charge in [0.1, 0.15) is 12.9 Å². The molecule has 1 saturated heterocycles. The lowest BCUT2D eigenvalue weighted by molar-refractivity contribution is -0.177. The zero-order chi connectivity index (χ0) is 32.8. The van der Waals surface area contributed by atoms with E-state index in [-0.39, 0.29) is 70.9 Å². The minimum atomic E-state index is -2.13. The maximum atomic E-state index is 13.2. The molecular weight excluding hydrogens is 675 g/mol. The molecule has 6 nitrogen and oxygen atoms in total. The number of methoxy groups -OCH3 is 1. The van der Waals surface area contributed by atoms with Crippen molar-refractivity contribution in [2.75, 3.05) is 13.9 Å². The van der Waals surface area contributed by atoms with E-state index in [2.05, 4.69) is 136 Å². The van der Waals surface area contributed by atoms with Crippen molar-refractivity contribution in [2.45, 2.75) is 143 Å². The number of cyclic esters (lactones) is 1. The van der Waals surface area contributed by atoms with E-state index in [0.29, 0.717) is 6.42 Å². The fraction of sp³-hybridized carbons (Fsp3) is 0.848. The second-order valence-electron chi connectivity index (χ2n) is 15.5. The highest BCUT2D eigenvalue weighted by Gasteiger charge is 2.48. The third kappa shape index (κ3) is 11.4. The largest absolute Gasteiger partial charge is 0.462 e. The SMILES string of the molecule is COCO[C@@H]([C@@H](C)/C=C\[C@@H](CC1OC(=O)[C@H](C)[C@H](O[Si](C)(C)C(C)(C)C)[C@H]1C)O[Si](C)(C)C(C)(C)C)[C@@H](C)/C=C(/C)I. The molecule has 0 aliphatic carbocycles. The fourth-order valence-corrected chi connectivity index (χ4v) is 8.20. The van der Waals surface area contributed by atoms with Crippen LogP contribution in [0.3, 0.4) is 0 Å². The number of allylic oxidation sites excluding steroid dienone is 1. The van der Waals surface area contributed by atoms with Crippen LogP contribution in [0.25, 0.3) is 0 Å². The van der Waals surface area contributed by atoms with Gasteiger partial charge in [0.25, 0.3) is 0 Å². The Hall–Kier alpha value is -0.0462. The molecule has 1 unspecified atom stereocenters. The summed E-state index contributed by atoms with van der Waals surface area (Å²) >= 11 is 2.35. The molecule has 0 spiro atoms. The summed E-state index contributed by atoms with van der Waals surface area (Å²) in [7, 11) is -2.56. The summed E-state index contributed by atoms with van der Waals surface area (Å²) in [5.74, 6) is -0.0831. The molecule has 1 rings (SSSR count). The van der Waals surface area contributed by atoms with E-state index in [1.165, 1.54) is 3.58 Å². The molecule has 1 fully saturated rings. The minimum absolute atomic E-state index is 0.0449. The van der Waals surface area contributed by atoms with Crippen LogP contribution >= 0.6 is 22.6 Å². The Morgan fingerprint density at radius 1 is 0.976 bits per heavy atom. The van der Waals surface area contributed by atoms with Gasteiger partial charge in [-0.05, 0) is 76.3 Å². The van der Waals surface area contributed by atoms with Gasteiger partial charge in [0, 0.05) is 31.3 Å². The van der Waals surface area contributed by atoms with Gasteiger partial charge in [-0.2, -0.15) is 0 Å². The quantitative estimate of drug-likeness (QED) is 0.0582. The molecule has 0 amide bonds. The van der Waals surface area contributed by atoms with E-state index >= 15 is 0 Å². The summed E-state index contributed by atoms with van der Waals surface area (Å²) in [6, 6.07) is 0. The number of rotatable bonds is 14. The van der Waals surface area contributed by atoms with Crippen LogP contribution in [0, 0.1) is 23.7 Å². The molecule has 246 valence electrons. The van der Waals surface area contributed by atoms with E-state index in [1.54, 1.807) is 7.11 Å². The fourth-order valence-electron chi connectivity index (χ4n) is 4.90. The number of esters is 1. The second kappa shape index (κ2) is 16.0. The Kier molecular flexibility index (Phi) is 15.2. The Labute approximate surface area is 274 Å². The maximum Gasteiger partial charge on any atom is 0.311 e. The molecule has 0 bridgehead atoms. The molecular formula is C33H63IO6Si2. The first-order chi connectivity index (χ1) is 18.9. The Bertz CT molecular complexity index is 916. The van der Waals surface area contributed by atoms with Gasteiger partial charge >= 0.3 is 5.97 Å². The van der Waals surface area contributed by atoms with E-state index in [1.807, 2.05) is 6.92 Å². The van der Waals surface area contributed by atoms with Crippen LogP contribution in [0.15, 0.2) is 21.8 Å². The molecule has 9 heteroatoms. The Morgan fingerprint density at radius 2 is 1.52 bits per heavy atom. The molecule has 1 aliphatic heterocycles. The summed E-state index contributed by atoms with van der Waals surface area (Å²) in [6.45, 7) is 33.4. The third-order valence-electron chi connectivity index (χ3n) is 9.73. The number of ether oxygens (including phenoxy) is 3. The first-order valence-electron chi connectivity index (χ1n) is 15.6. The molecule has 8 atom stereocenters. The van der Waals surface area contributed by atoms with Crippen molar-refractivity contribution in [1.82, 2.24) is 0 Å². The summed E-state index contributed by atoms with van der Waals surface area (Å²) < 4.78 is 32.6. The summed E-state index contributed by atoms with van der Waals surface area (Å²) in [5, 5.41) is 0.100. The second-order valence-corrected chi connectivity index (χ2v) is 26.7. The van der Waals surface area contributed by atoms with E-state index in [0.717, 1.165) is 0 Å². The van der Waals surface area contributed by atoms with Crippen LogP contribution in [0.5, 0.6) is 0 Å². The van der Waals surface area contributed by atoms with Crippen LogP contribution in [-0.2, 0) is 27.9 Å². The van der Waals surface area contributed by atoms with Gasteiger partial charge < -0.3 is 23.1 Å². The van der Waals surface area contributed by atoms with Crippen molar-refractivity contribution in [3.63, 3.8) is 0 Å². The monoisotopic (exact) mass is 738 g/mol. The summed E-state index contributed by atoms with van der Waals surface area (Å²) in [6.07, 6.45) is 6.52. The molecule has 0 aromatic carbocycles. The molecule has 0 saturated carbocycles. The van der Waals surface area contributed by atoms with E-state index < -0.39 is 16.6 Å². The number of hydrogen-bond acceptors (Lipinski definition) is 6. The van der Waals surface area contributed by atoms with Crippen molar-refractivity contribution in [1.29, 1.82) is 0 Å². The molecule has 0 radical (unpaired) electrons. The van der Waals surface area contributed by atoms with Crippen LogP contribution in [0.1, 0.15) is 82.6 Å². The average molecular weight is 739 g/mol. The highest BCUT2D eigenvalue weighted by Crippen LogP contribution is 2.43. The topological polar surface area (TPSA) is 63.2 Å². The van der Waals surface area contributed by atoms with Crippen LogP contribution in [0.4, 0.5) is 0 Å². The zero-order valence-corrected chi connectivity index (χ0v) is 33.8. The van der Waals surface area contributed by atoms with Crippen molar-refractivity contribution in [2.24, 2.45) is 23.7 Å². The van der Waals surface area contributed by atoms with Crippen LogP contribution < -0.4 is 0 Å². The van der Waals surface area contributed by atoms with Gasteiger partial charge in [0.05, 0.1) is 24.2 Å². The van der Waals surface area contributed by atoms with Crippen molar-refractivity contribution in [3.05, 3.63) is 21.8 Å². The van der Waals surface area contributed by atoms with E-state index in [9.17, 15) is 4.79 Å². The van der Waals surface area contributed by atoms with Gasteiger partial charge in [-0.15, -0.1) is 0 Å².